The second kappa shape index (κ2) is 16.3. The lowest BCUT2D eigenvalue weighted by Gasteiger charge is -2.28. The van der Waals surface area contributed by atoms with Gasteiger partial charge in [-0.15, -0.1) is 0 Å². The molecule has 3 aromatic carbocycles. The Bertz CT molecular complexity index is 1610. The summed E-state index contributed by atoms with van der Waals surface area (Å²) in [7, 11) is 2.83. The van der Waals surface area contributed by atoms with Crippen molar-refractivity contribution in [3.8, 4) is 23.0 Å². The Morgan fingerprint density at radius 3 is 2.46 bits per heavy atom. The fourth-order valence-corrected chi connectivity index (χ4v) is 5.17. The molecule has 0 radical (unpaired) electrons. The predicted molar refractivity (Wildman–Crippen MR) is 178 cm³/mol. The smallest absolute Gasteiger partial charge is 0.337 e. The van der Waals surface area contributed by atoms with Gasteiger partial charge in [0.2, 0.25) is 0 Å². The molecule has 2 amide bonds. The van der Waals surface area contributed by atoms with Gasteiger partial charge in [-0.2, -0.15) is 5.10 Å². The summed E-state index contributed by atoms with van der Waals surface area (Å²) in [6.07, 6.45) is 0.357. The molecule has 244 valence electrons. The highest BCUT2D eigenvalue weighted by molar-refractivity contribution is 9.10. The average Bonchev–Trinajstić information content (AvgIpc) is 3.04. The Morgan fingerprint density at radius 1 is 1.02 bits per heavy atom. The van der Waals surface area contributed by atoms with Gasteiger partial charge in [0.05, 0.1) is 38.7 Å². The van der Waals surface area contributed by atoms with Crippen LogP contribution in [0.5, 0.6) is 23.0 Å². The first kappa shape index (κ1) is 34.6. The summed E-state index contributed by atoms with van der Waals surface area (Å²) in [5.74, 6) is 1.22. The van der Waals surface area contributed by atoms with Crippen LogP contribution in [0.4, 0.5) is 4.79 Å². The lowest BCUT2D eigenvalue weighted by molar-refractivity contribution is -0.136. The van der Waals surface area contributed by atoms with Gasteiger partial charge in [0, 0.05) is 20.2 Å². The van der Waals surface area contributed by atoms with Crippen LogP contribution in [-0.4, -0.2) is 57.0 Å². The molecule has 2 atom stereocenters. The van der Waals surface area contributed by atoms with Gasteiger partial charge in [-0.05, 0) is 77.3 Å². The largest absolute Gasteiger partial charge is 0.493 e. The summed E-state index contributed by atoms with van der Waals surface area (Å²) in [5, 5.41) is 20.0. The van der Waals surface area contributed by atoms with E-state index in [0.29, 0.717) is 57.5 Å². The Hall–Kier alpha value is -4.27. The maximum absolute atomic E-state index is 12.5. The Morgan fingerprint density at radius 2 is 1.76 bits per heavy atom. The molecule has 0 aliphatic carbocycles. The van der Waals surface area contributed by atoms with Crippen molar-refractivity contribution in [3.05, 3.63) is 91.5 Å². The molecule has 14 heteroatoms. The fraction of sp³-hybridized carbons (Fsp3) is 0.281. The molecule has 1 aliphatic heterocycles. The molecule has 1 heterocycles. The van der Waals surface area contributed by atoms with E-state index in [1.807, 2.05) is 31.2 Å². The molecule has 0 fully saturated rings. The van der Waals surface area contributed by atoms with Crippen molar-refractivity contribution in [2.24, 2.45) is 5.10 Å². The second-order valence-corrected chi connectivity index (χ2v) is 11.6. The van der Waals surface area contributed by atoms with Crippen LogP contribution in [0.25, 0.3) is 0 Å². The van der Waals surface area contributed by atoms with E-state index < -0.39 is 24.3 Å². The highest BCUT2D eigenvalue weighted by atomic mass is 79.9. The number of carbonyl (C=O) groups excluding carboxylic acids is 2. The minimum Gasteiger partial charge on any atom is -0.493 e. The molecule has 0 saturated heterocycles. The summed E-state index contributed by atoms with van der Waals surface area (Å²) >= 11 is 6.96. The number of hydrogen-bond acceptors (Lipinski definition) is 10. The number of hydrazone groups is 1. The van der Waals surface area contributed by atoms with Crippen LogP contribution < -0.4 is 35.0 Å². The third-order valence-electron chi connectivity index (χ3n) is 6.69. The Labute approximate surface area is 283 Å². The summed E-state index contributed by atoms with van der Waals surface area (Å²) in [6.45, 7) is 3.97. The van der Waals surface area contributed by atoms with Gasteiger partial charge in [-0.1, -0.05) is 34.1 Å². The highest BCUT2D eigenvalue weighted by Gasteiger charge is 2.32. The van der Waals surface area contributed by atoms with Gasteiger partial charge in [-0.25, -0.2) is 9.59 Å². The molecule has 1 aliphatic rings. The molecule has 46 heavy (non-hydrogen) atoms. The number of benzene rings is 3. The van der Waals surface area contributed by atoms with Crippen molar-refractivity contribution in [1.29, 1.82) is 0 Å². The number of allylic oxidation sites excluding steroid dienone is 1. The van der Waals surface area contributed by atoms with Crippen LogP contribution in [0.1, 0.15) is 36.6 Å². The van der Waals surface area contributed by atoms with Crippen LogP contribution in [0.2, 0.25) is 0 Å². The number of urea groups is 1. The Kier molecular flexibility index (Phi) is 12.3. The third-order valence-corrected chi connectivity index (χ3v) is 7.91. The van der Waals surface area contributed by atoms with Gasteiger partial charge >= 0.3 is 12.0 Å². The van der Waals surface area contributed by atoms with Gasteiger partial charge < -0.3 is 39.4 Å². The minimum atomic E-state index is -1.17. The van der Waals surface area contributed by atoms with E-state index >= 15 is 0 Å². The maximum Gasteiger partial charge on any atom is 0.337 e. The van der Waals surface area contributed by atoms with Crippen LogP contribution in [0, 0.1) is 0 Å². The summed E-state index contributed by atoms with van der Waals surface area (Å²) in [6, 6.07) is 15.2. The fourth-order valence-electron chi connectivity index (χ4n) is 4.48. The molecule has 4 N–H and O–H groups in total. The van der Waals surface area contributed by atoms with Crippen molar-refractivity contribution < 1.29 is 38.4 Å². The van der Waals surface area contributed by atoms with Gasteiger partial charge in [-0.3, -0.25) is 5.43 Å². The van der Waals surface area contributed by atoms with Crippen molar-refractivity contribution in [3.63, 3.8) is 0 Å². The number of carbonyl (C=O) groups is 2. The van der Waals surface area contributed by atoms with Crippen molar-refractivity contribution >= 4 is 50.1 Å². The van der Waals surface area contributed by atoms with E-state index in [-0.39, 0.29) is 12.2 Å². The first-order chi connectivity index (χ1) is 22.1. The monoisotopic (exact) mass is 760 g/mol. The molecule has 12 nitrogen and oxygen atoms in total. The zero-order valence-electron chi connectivity index (χ0n) is 25.6. The van der Waals surface area contributed by atoms with Crippen LogP contribution >= 0.6 is 31.9 Å². The standard InChI is InChI=1S/C32H34Br2N4O8/c1-5-44-26-12-20(30-29(31(40)43-4)18(2)36-32(41)37-30)8-11-24(26)46-17-28(39)38-35-15-21-13-25(42-3)27(14-23(21)34)45-16-19-6-9-22(33)10-7-19/h6-15,28,30,38-39H,5,16-17H2,1-4H3,(H2,36,37,41)/b35-15-/t28-,30+/m1/s1. The molecule has 3 aromatic rings. The topological polar surface area (TPSA) is 149 Å². The number of aliphatic hydroxyl groups excluding tert-OH is 1. The van der Waals surface area contributed by atoms with Crippen LogP contribution in [-0.2, 0) is 16.1 Å². The summed E-state index contributed by atoms with van der Waals surface area (Å²) in [5.41, 5.74) is 5.56. The number of hydrogen-bond donors (Lipinski definition) is 4. The number of nitrogens with zero attached hydrogens (tertiary/aromatic N) is 1. The number of esters is 1. The van der Waals surface area contributed by atoms with Crippen molar-refractivity contribution in [2.75, 3.05) is 27.4 Å². The SMILES string of the molecule is CCOc1cc([C@@H]2NC(=O)NC(C)=C2C(=O)OC)ccc1OC[C@@H](O)N/N=C\c1cc(OC)c(OCc2ccc(Br)cc2)cc1Br. The third kappa shape index (κ3) is 8.92. The number of aliphatic hydroxyl groups is 1. The lowest BCUT2D eigenvalue weighted by atomic mass is 9.95. The number of methoxy groups -OCH3 is 2. The van der Waals surface area contributed by atoms with E-state index in [2.05, 4.69) is 53.0 Å². The van der Waals surface area contributed by atoms with Gasteiger partial charge in [0.1, 0.15) is 13.2 Å². The summed E-state index contributed by atoms with van der Waals surface area (Å²) < 4.78 is 29.7. The molecular weight excluding hydrogens is 728 g/mol. The molecule has 0 aromatic heterocycles. The first-order valence-electron chi connectivity index (χ1n) is 14.1. The number of ether oxygens (including phenoxy) is 5. The number of nitrogens with one attached hydrogen (secondary N) is 3. The van der Waals surface area contributed by atoms with E-state index in [0.717, 1.165) is 10.0 Å². The average molecular weight is 762 g/mol. The molecule has 0 saturated carbocycles. The van der Waals surface area contributed by atoms with E-state index in [1.54, 1.807) is 44.4 Å². The van der Waals surface area contributed by atoms with Crippen LogP contribution in [0.3, 0.4) is 0 Å². The number of halogens is 2. The summed E-state index contributed by atoms with van der Waals surface area (Å²) in [4.78, 5) is 24.6. The molecular formula is C32H34Br2N4O8. The van der Waals surface area contributed by atoms with Crippen molar-refractivity contribution in [2.45, 2.75) is 32.7 Å². The van der Waals surface area contributed by atoms with E-state index in [9.17, 15) is 14.7 Å². The lowest BCUT2D eigenvalue weighted by Crippen LogP contribution is -2.45. The zero-order chi connectivity index (χ0) is 33.2. The molecule has 0 unspecified atom stereocenters. The molecule has 4 rings (SSSR count). The normalized spacial score (nSPS) is 15.1. The van der Waals surface area contributed by atoms with E-state index in [4.69, 9.17) is 23.7 Å². The molecule has 0 bridgehead atoms. The minimum absolute atomic E-state index is 0.166. The Balaban J connectivity index is 1.39. The second-order valence-electron chi connectivity index (χ2n) is 9.85. The zero-order valence-corrected chi connectivity index (χ0v) is 28.7. The molecule has 0 spiro atoms. The van der Waals surface area contributed by atoms with Gasteiger partial charge in [0.15, 0.2) is 29.2 Å². The first-order valence-corrected chi connectivity index (χ1v) is 15.7. The maximum atomic E-state index is 12.5. The number of rotatable bonds is 14. The van der Waals surface area contributed by atoms with Crippen molar-refractivity contribution in [1.82, 2.24) is 16.1 Å². The van der Waals surface area contributed by atoms with E-state index in [1.165, 1.54) is 13.3 Å². The van der Waals surface area contributed by atoms with Gasteiger partial charge in [0.25, 0.3) is 0 Å². The highest BCUT2D eigenvalue weighted by Crippen LogP contribution is 2.35. The van der Waals surface area contributed by atoms with Crippen LogP contribution in [0.15, 0.2) is 79.9 Å². The number of amides is 2. The quantitative estimate of drug-likeness (QED) is 0.0742. The predicted octanol–water partition coefficient (Wildman–Crippen LogP) is 5.32.